The summed E-state index contributed by atoms with van der Waals surface area (Å²) in [7, 11) is 0. The fourth-order valence-corrected chi connectivity index (χ4v) is 2.07. The second-order valence-electron chi connectivity index (χ2n) is 4.59. The van der Waals surface area contributed by atoms with E-state index in [1.165, 1.54) is 6.07 Å². The lowest BCUT2D eigenvalue weighted by molar-refractivity contribution is -0.132. The van der Waals surface area contributed by atoms with Crippen molar-refractivity contribution in [1.82, 2.24) is 4.90 Å². The van der Waals surface area contributed by atoms with Gasteiger partial charge in [0.15, 0.2) is 18.2 Å². The molecule has 0 spiro atoms. The Morgan fingerprint density at radius 1 is 1.45 bits per heavy atom. The first-order valence-corrected chi connectivity index (χ1v) is 6.16. The smallest absolute Gasteiger partial charge is 0.260 e. The van der Waals surface area contributed by atoms with Gasteiger partial charge < -0.3 is 15.4 Å². The Bertz CT molecular complexity index is 474. The van der Waals surface area contributed by atoms with Crippen LogP contribution in [0, 0.1) is 17.6 Å². The predicted molar refractivity (Wildman–Crippen MR) is 72.8 cm³/mol. The molecule has 112 valence electrons. The van der Waals surface area contributed by atoms with Crippen molar-refractivity contribution >= 4 is 18.3 Å². The summed E-state index contributed by atoms with van der Waals surface area (Å²) in [6.07, 6.45) is 0.882. The SMILES string of the molecule is Cl.NCC1CCN(C(=O)COc2ccc(F)cc2F)C1. The lowest BCUT2D eigenvalue weighted by atomic mass is 10.1. The maximum atomic E-state index is 13.3. The van der Waals surface area contributed by atoms with Crippen LogP contribution in [-0.2, 0) is 4.79 Å². The second-order valence-corrected chi connectivity index (χ2v) is 4.59. The molecule has 1 amide bonds. The van der Waals surface area contributed by atoms with E-state index in [0.717, 1.165) is 18.6 Å². The van der Waals surface area contributed by atoms with E-state index >= 15 is 0 Å². The van der Waals surface area contributed by atoms with Gasteiger partial charge >= 0.3 is 0 Å². The molecule has 1 aliphatic heterocycles. The Morgan fingerprint density at radius 3 is 2.80 bits per heavy atom. The second kappa shape index (κ2) is 7.40. The number of carbonyl (C=O) groups is 1. The van der Waals surface area contributed by atoms with Crippen molar-refractivity contribution in [1.29, 1.82) is 0 Å². The summed E-state index contributed by atoms with van der Waals surface area (Å²) >= 11 is 0. The molecule has 1 heterocycles. The largest absolute Gasteiger partial charge is 0.481 e. The summed E-state index contributed by atoms with van der Waals surface area (Å²) in [5.41, 5.74) is 5.54. The summed E-state index contributed by atoms with van der Waals surface area (Å²) in [4.78, 5) is 13.5. The van der Waals surface area contributed by atoms with Gasteiger partial charge in [-0.15, -0.1) is 12.4 Å². The molecule has 1 fully saturated rings. The lowest BCUT2D eigenvalue weighted by Crippen LogP contribution is -2.33. The van der Waals surface area contributed by atoms with Gasteiger partial charge in [0.25, 0.3) is 5.91 Å². The van der Waals surface area contributed by atoms with Gasteiger partial charge in [-0.2, -0.15) is 0 Å². The number of likely N-dealkylation sites (tertiary alicyclic amines) is 1. The zero-order chi connectivity index (χ0) is 13.8. The van der Waals surface area contributed by atoms with E-state index in [0.29, 0.717) is 25.6 Å². The van der Waals surface area contributed by atoms with Crippen LogP contribution in [0.1, 0.15) is 6.42 Å². The first kappa shape index (κ1) is 16.7. The van der Waals surface area contributed by atoms with Gasteiger partial charge in [-0.1, -0.05) is 0 Å². The molecule has 1 saturated heterocycles. The molecule has 0 aliphatic carbocycles. The molecule has 0 radical (unpaired) electrons. The van der Waals surface area contributed by atoms with E-state index in [-0.39, 0.29) is 30.7 Å². The van der Waals surface area contributed by atoms with Crippen molar-refractivity contribution < 1.29 is 18.3 Å². The number of hydrogen-bond acceptors (Lipinski definition) is 3. The Balaban J connectivity index is 0.00000200. The van der Waals surface area contributed by atoms with Crippen LogP contribution in [0.25, 0.3) is 0 Å². The highest BCUT2D eigenvalue weighted by atomic mass is 35.5. The van der Waals surface area contributed by atoms with Gasteiger partial charge in [0.1, 0.15) is 5.82 Å². The van der Waals surface area contributed by atoms with Gasteiger partial charge in [0, 0.05) is 19.2 Å². The van der Waals surface area contributed by atoms with Crippen molar-refractivity contribution in [2.75, 3.05) is 26.2 Å². The fourth-order valence-electron chi connectivity index (χ4n) is 2.07. The normalized spacial score (nSPS) is 17.8. The van der Waals surface area contributed by atoms with Crippen LogP contribution >= 0.6 is 12.4 Å². The van der Waals surface area contributed by atoms with Gasteiger partial charge in [-0.3, -0.25) is 4.79 Å². The average Bonchev–Trinajstić information content (AvgIpc) is 2.86. The highest BCUT2D eigenvalue weighted by Crippen LogP contribution is 2.19. The summed E-state index contributed by atoms with van der Waals surface area (Å²) < 4.78 is 31.1. The lowest BCUT2D eigenvalue weighted by Gasteiger charge is -2.16. The number of halogens is 3. The maximum absolute atomic E-state index is 13.3. The molecule has 1 unspecified atom stereocenters. The first-order valence-electron chi connectivity index (χ1n) is 6.16. The molecular weight excluding hydrogens is 290 g/mol. The van der Waals surface area contributed by atoms with Crippen LogP contribution < -0.4 is 10.5 Å². The van der Waals surface area contributed by atoms with Crippen molar-refractivity contribution in [3.8, 4) is 5.75 Å². The topological polar surface area (TPSA) is 55.6 Å². The van der Waals surface area contributed by atoms with Crippen LogP contribution in [0.5, 0.6) is 5.75 Å². The van der Waals surface area contributed by atoms with Crippen LogP contribution in [0.2, 0.25) is 0 Å². The minimum Gasteiger partial charge on any atom is -0.481 e. The predicted octanol–water partition coefficient (Wildman–Crippen LogP) is 1.57. The van der Waals surface area contributed by atoms with Crippen LogP contribution in [0.3, 0.4) is 0 Å². The van der Waals surface area contributed by atoms with E-state index in [9.17, 15) is 13.6 Å². The minimum atomic E-state index is -0.811. The molecule has 2 rings (SSSR count). The highest BCUT2D eigenvalue weighted by Gasteiger charge is 2.25. The molecule has 0 saturated carbocycles. The number of hydrogen-bond donors (Lipinski definition) is 1. The van der Waals surface area contributed by atoms with Crippen molar-refractivity contribution in [2.24, 2.45) is 11.7 Å². The fraction of sp³-hybridized carbons (Fsp3) is 0.462. The van der Waals surface area contributed by atoms with Crippen LogP contribution in [-0.4, -0.2) is 37.0 Å². The molecule has 0 aromatic heterocycles. The number of carbonyl (C=O) groups excluding carboxylic acids is 1. The molecule has 1 atom stereocenters. The number of rotatable bonds is 4. The summed E-state index contributed by atoms with van der Waals surface area (Å²) in [5.74, 6) is -1.49. The quantitative estimate of drug-likeness (QED) is 0.919. The molecule has 7 heteroatoms. The average molecular weight is 307 g/mol. The Morgan fingerprint density at radius 2 is 2.20 bits per heavy atom. The van der Waals surface area contributed by atoms with Crippen LogP contribution in [0.4, 0.5) is 8.78 Å². The molecule has 4 nitrogen and oxygen atoms in total. The van der Waals surface area contributed by atoms with E-state index in [4.69, 9.17) is 10.5 Å². The molecule has 20 heavy (non-hydrogen) atoms. The zero-order valence-electron chi connectivity index (χ0n) is 10.9. The van der Waals surface area contributed by atoms with E-state index in [1.807, 2.05) is 0 Å². The Hall–Kier alpha value is -1.40. The van der Waals surface area contributed by atoms with Crippen molar-refractivity contribution in [3.05, 3.63) is 29.8 Å². The third kappa shape index (κ3) is 4.05. The molecule has 1 aromatic carbocycles. The molecule has 1 aromatic rings. The van der Waals surface area contributed by atoms with Gasteiger partial charge in [-0.25, -0.2) is 8.78 Å². The third-order valence-corrected chi connectivity index (χ3v) is 3.22. The monoisotopic (exact) mass is 306 g/mol. The summed E-state index contributed by atoms with van der Waals surface area (Å²) in [5, 5.41) is 0. The first-order chi connectivity index (χ1) is 9.10. The van der Waals surface area contributed by atoms with Crippen LogP contribution in [0.15, 0.2) is 18.2 Å². The minimum absolute atomic E-state index is 0. The molecular formula is C13H17ClF2N2O2. The Labute approximate surface area is 122 Å². The Kier molecular flexibility index (Phi) is 6.16. The van der Waals surface area contributed by atoms with Crippen molar-refractivity contribution in [3.63, 3.8) is 0 Å². The van der Waals surface area contributed by atoms with Gasteiger partial charge in [0.05, 0.1) is 0 Å². The number of amides is 1. The summed E-state index contributed by atoms with van der Waals surface area (Å²) in [6, 6.07) is 2.98. The highest BCUT2D eigenvalue weighted by molar-refractivity contribution is 5.85. The number of benzene rings is 1. The van der Waals surface area contributed by atoms with E-state index in [2.05, 4.69) is 0 Å². The molecule has 0 bridgehead atoms. The number of nitrogens with two attached hydrogens (primary N) is 1. The zero-order valence-corrected chi connectivity index (χ0v) is 11.7. The van der Waals surface area contributed by atoms with Crippen molar-refractivity contribution in [2.45, 2.75) is 6.42 Å². The summed E-state index contributed by atoms with van der Waals surface area (Å²) in [6.45, 7) is 1.57. The molecule has 2 N–H and O–H groups in total. The van der Waals surface area contributed by atoms with Gasteiger partial charge in [0.2, 0.25) is 0 Å². The number of ether oxygens (including phenoxy) is 1. The number of nitrogens with zero attached hydrogens (tertiary/aromatic N) is 1. The third-order valence-electron chi connectivity index (χ3n) is 3.22. The van der Waals surface area contributed by atoms with E-state index < -0.39 is 11.6 Å². The standard InChI is InChI=1S/C13H16F2N2O2.ClH/c14-10-1-2-12(11(15)5-10)19-8-13(18)17-4-3-9(6-16)7-17;/h1-2,5,9H,3-4,6-8,16H2;1H. The van der Waals surface area contributed by atoms with Gasteiger partial charge in [-0.05, 0) is 31.0 Å². The maximum Gasteiger partial charge on any atom is 0.260 e. The molecule has 1 aliphatic rings. The van der Waals surface area contributed by atoms with E-state index in [1.54, 1.807) is 4.90 Å².